The number of thiazole rings is 1. The van der Waals surface area contributed by atoms with Crippen molar-refractivity contribution >= 4 is 50.9 Å². The number of nitro groups is 1. The minimum Gasteiger partial charge on any atom is -0.468 e. The number of hydrogen-bond donors (Lipinski definition) is 0. The molecule has 0 spiro atoms. The third-order valence-corrected chi connectivity index (χ3v) is 4.70. The van der Waals surface area contributed by atoms with Crippen molar-refractivity contribution in [3.8, 4) is 0 Å². The third kappa shape index (κ3) is 3.37. The van der Waals surface area contributed by atoms with Gasteiger partial charge in [0.15, 0.2) is 4.80 Å². The Hall–Kier alpha value is -2.98. The molecule has 0 fully saturated rings. The van der Waals surface area contributed by atoms with E-state index in [0.717, 1.165) is 23.5 Å². The highest BCUT2D eigenvalue weighted by Gasteiger charge is 2.18. The van der Waals surface area contributed by atoms with E-state index in [4.69, 9.17) is 16.0 Å². The van der Waals surface area contributed by atoms with E-state index < -0.39 is 22.7 Å². The number of fused-ring (bicyclic) bond motifs is 1. The zero-order chi connectivity index (χ0) is 18.8. The van der Waals surface area contributed by atoms with Gasteiger partial charge < -0.3 is 13.7 Å². The molecule has 0 N–H and O–H groups in total. The Kier molecular flexibility index (Phi) is 4.87. The van der Waals surface area contributed by atoms with Crippen LogP contribution in [0.2, 0.25) is 5.02 Å². The van der Waals surface area contributed by atoms with Crippen LogP contribution in [0.3, 0.4) is 0 Å². The molecule has 2 aromatic heterocycles. The van der Waals surface area contributed by atoms with Crippen molar-refractivity contribution in [1.29, 1.82) is 0 Å². The molecule has 0 aliphatic heterocycles. The van der Waals surface area contributed by atoms with Gasteiger partial charge in [-0.15, -0.1) is 0 Å². The molecule has 1 aromatic carbocycles. The number of ether oxygens (including phenoxy) is 1. The second kappa shape index (κ2) is 7.10. The Morgan fingerprint density at radius 1 is 1.38 bits per heavy atom. The topological polar surface area (TPSA) is 117 Å². The molecule has 134 valence electrons. The van der Waals surface area contributed by atoms with Crippen LogP contribution in [-0.2, 0) is 16.1 Å². The Bertz CT molecular complexity index is 1100. The lowest BCUT2D eigenvalue weighted by Gasteiger charge is -2.04. The van der Waals surface area contributed by atoms with Crippen molar-refractivity contribution in [3.05, 3.63) is 56.0 Å². The quantitative estimate of drug-likeness (QED) is 0.381. The molecule has 0 radical (unpaired) electrons. The Morgan fingerprint density at radius 3 is 2.81 bits per heavy atom. The molecule has 0 unspecified atom stereocenters. The van der Waals surface area contributed by atoms with Gasteiger partial charge in [0.05, 0.1) is 28.4 Å². The first kappa shape index (κ1) is 17.8. The minimum absolute atomic E-state index is 0.183. The van der Waals surface area contributed by atoms with Crippen LogP contribution in [0.4, 0.5) is 5.88 Å². The van der Waals surface area contributed by atoms with Crippen molar-refractivity contribution < 1.29 is 23.7 Å². The second-order valence-electron chi connectivity index (χ2n) is 4.95. The van der Waals surface area contributed by atoms with Gasteiger partial charge >= 0.3 is 17.8 Å². The van der Waals surface area contributed by atoms with Crippen molar-refractivity contribution in [2.45, 2.75) is 6.54 Å². The average molecular weight is 396 g/mol. The highest BCUT2D eigenvalue weighted by molar-refractivity contribution is 7.16. The van der Waals surface area contributed by atoms with Gasteiger partial charge in [-0.05, 0) is 18.2 Å². The van der Waals surface area contributed by atoms with Crippen molar-refractivity contribution in [2.24, 2.45) is 4.99 Å². The zero-order valence-electron chi connectivity index (χ0n) is 13.2. The summed E-state index contributed by atoms with van der Waals surface area (Å²) in [6.45, 7) is -0.204. The summed E-state index contributed by atoms with van der Waals surface area (Å²) in [5, 5.41) is 11.0. The lowest BCUT2D eigenvalue weighted by molar-refractivity contribution is -0.402. The highest BCUT2D eigenvalue weighted by Crippen LogP contribution is 2.25. The summed E-state index contributed by atoms with van der Waals surface area (Å²) < 4.78 is 11.7. The SMILES string of the molecule is COC(=O)Cn1c(=NC(=O)c2ccc([N+](=O)[O-])o2)sc2cccc(Cl)c21. The lowest BCUT2D eigenvalue weighted by atomic mass is 10.3. The Labute approximate surface area is 154 Å². The van der Waals surface area contributed by atoms with E-state index in [1.165, 1.54) is 11.7 Å². The number of hydrogen-bond acceptors (Lipinski definition) is 7. The van der Waals surface area contributed by atoms with Gasteiger partial charge in [-0.3, -0.25) is 19.7 Å². The third-order valence-electron chi connectivity index (χ3n) is 3.35. The molecule has 3 aromatic rings. The fourth-order valence-corrected chi connectivity index (χ4v) is 3.58. The van der Waals surface area contributed by atoms with Crippen LogP contribution in [0.5, 0.6) is 0 Å². The highest BCUT2D eigenvalue weighted by atomic mass is 35.5. The Balaban J connectivity index is 2.13. The van der Waals surface area contributed by atoms with Gasteiger partial charge in [-0.25, -0.2) is 0 Å². The summed E-state index contributed by atoms with van der Waals surface area (Å²) in [7, 11) is 1.24. The molecule has 1 amide bonds. The molecule has 0 saturated carbocycles. The molecule has 26 heavy (non-hydrogen) atoms. The van der Waals surface area contributed by atoms with Gasteiger partial charge in [0.25, 0.3) is 0 Å². The van der Waals surface area contributed by atoms with Crippen LogP contribution in [0.1, 0.15) is 10.6 Å². The number of para-hydroxylation sites is 1. The summed E-state index contributed by atoms with van der Waals surface area (Å²) >= 11 is 7.34. The van der Waals surface area contributed by atoms with Gasteiger partial charge in [-0.2, -0.15) is 4.99 Å². The fourth-order valence-electron chi connectivity index (χ4n) is 2.20. The van der Waals surface area contributed by atoms with E-state index in [0.29, 0.717) is 15.2 Å². The van der Waals surface area contributed by atoms with E-state index in [2.05, 4.69) is 9.73 Å². The summed E-state index contributed by atoms with van der Waals surface area (Å²) in [4.78, 5) is 38.0. The van der Waals surface area contributed by atoms with Gasteiger partial charge in [0, 0.05) is 0 Å². The summed E-state index contributed by atoms with van der Waals surface area (Å²) in [6.07, 6.45) is 0. The standard InChI is InChI=1S/C15H10ClN3O6S/c1-24-12(20)7-18-13-8(16)3-2-4-10(13)26-15(18)17-14(21)9-5-6-11(25-9)19(22)23/h2-6H,7H2,1H3. The number of furan rings is 1. The zero-order valence-corrected chi connectivity index (χ0v) is 14.7. The predicted molar refractivity (Wildman–Crippen MR) is 92.1 cm³/mol. The summed E-state index contributed by atoms with van der Waals surface area (Å²) in [5.41, 5.74) is 0.529. The van der Waals surface area contributed by atoms with Gasteiger partial charge in [0.2, 0.25) is 5.76 Å². The van der Waals surface area contributed by atoms with Crippen LogP contribution in [0, 0.1) is 10.1 Å². The first-order valence-corrected chi connectivity index (χ1v) is 8.28. The fraction of sp³-hybridized carbons (Fsp3) is 0.133. The number of esters is 1. The maximum absolute atomic E-state index is 12.3. The van der Waals surface area contributed by atoms with Gasteiger partial charge in [0.1, 0.15) is 11.5 Å². The molecule has 0 saturated heterocycles. The van der Waals surface area contributed by atoms with E-state index >= 15 is 0 Å². The number of methoxy groups -OCH3 is 1. The second-order valence-corrected chi connectivity index (χ2v) is 6.36. The molecule has 0 bridgehead atoms. The number of rotatable bonds is 4. The summed E-state index contributed by atoms with van der Waals surface area (Å²) in [6, 6.07) is 7.36. The molecule has 0 aliphatic rings. The van der Waals surface area contributed by atoms with E-state index in [1.807, 2.05) is 0 Å². The number of benzene rings is 1. The predicted octanol–water partition coefficient (Wildman–Crippen LogP) is 2.77. The number of aromatic nitrogens is 1. The minimum atomic E-state index is -0.820. The molecule has 0 atom stereocenters. The van der Waals surface area contributed by atoms with Crippen LogP contribution in [-0.4, -0.2) is 28.5 Å². The summed E-state index contributed by atoms with van der Waals surface area (Å²) in [5.74, 6) is -2.22. The lowest BCUT2D eigenvalue weighted by Crippen LogP contribution is -2.22. The van der Waals surface area contributed by atoms with Crippen LogP contribution >= 0.6 is 22.9 Å². The monoisotopic (exact) mass is 395 g/mol. The molecular weight excluding hydrogens is 386 g/mol. The number of halogens is 1. The first-order chi connectivity index (χ1) is 12.4. The van der Waals surface area contributed by atoms with Crippen molar-refractivity contribution in [2.75, 3.05) is 7.11 Å². The number of carbonyl (C=O) groups is 2. The molecule has 2 heterocycles. The smallest absolute Gasteiger partial charge is 0.433 e. The maximum Gasteiger partial charge on any atom is 0.433 e. The largest absolute Gasteiger partial charge is 0.468 e. The molecular formula is C15H10ClN3O6S. The Morgan fingerprint density at radius 2 is 2.15 bits per heavy atom. The number of amides is 1. The maximum atomic E-state index is 12.3. The number of nitrogens with zero attached hydrogens (tertiary/aromatic N) is 3. The molecule has 11 heteroatoms. The van der Waals surface area contributed by atoms with Gasteiger partial charge in [-0.1, -0.05) is 29.0 Å². The van der Waals surface area contributed by atoms with Crippen LogP contribution in [0.15, 0.2) is 39.7 Å². The molecule has 9 nitrogen and oxygen atoms in total. The van der Waals surface area contributed by atoms with Crippen LogP contribution < -0.4 is 4.80 Å². The van der Waals surface area contributed by atoms with E-state index in [-0.39, 0.29) is 17.1 Å². The van der Waals surface area contributed by atoms with Crippen LogP contribution in [0.25, 0.3) is 10.2 Å². The van der Waals surface area contributed by atoms with Crippen molar-refractivity contribution in [1.82, 2.24) is 4.57 Å². The van der Waals surface area contributed by atoms with E-state index in [9.17, 15) is 19.7 Å². The number of carbonyl (C=O) groups excluding carboxylic acids is 2. The van der Waals surface area contributed by atoms with Crippen molar-refractivity contribution in [3.63, 3.8) is 0 Å². The molecule has 0 aliphatic carbocycles. The average Bonchev–Trinajstić information content (AvgIpc) is 3.21. The van der Waals surface area contributed by atoms with E-state index in [1.54, 1.807) is 18.2 Å². The molecule has 3 rings (SSSR count). The normalized spacial score (nSPS) is 11.7. The first-order valence-electron chi connectivity index (χ1n) is 7.08.